The number of amides is 1. The van der Waals surface area contributed by atoms with Crippen LogP contribution in [0.15, 0.2) is 36.5 Å². The predicted octanol–water partition coefficient (Wildman–Crippen LogP) is 19.6. The maximum atomic E-state index is 12.5. The van der Waals surface area contributed by atoms with E-state index in [2.05, 4.69) is 43.5 Å². The number of carbonyl (C=O) groups is 2. The quantitative estimate of drug-likeness (QED) is 0.0321. The first-order chi connectivity index (χ1) is 34.5. The van der Waals surface area contributed by atoms with Gasteiger partial charge in [0.2, 0.25) is 5.91 Å². The number of allylic oxidation sites excluding steroid dienone is 5. The first kappa shape index (κ1) is 68.1. The lowest BCUT2D eigenvalue weighted by Crippen LogP contribution is -2.45. The summed E-state index contributed by atoms with van der Waals surface area (Å²) in [5, 5.41) is 23.2. The second-order valence-corrected chi connectivity index (χ2v) is 21.4. The van der Waals surface area contributed by atoms with Crippen molar-refractivity contribution in [2.75, 3.05) is 13.2 Å². The van der Waals surface area contributed by atoms with Gasteiger partial charge in [-0.15, -0.1) is 0 Å². The van der Waals surface area contributed by atoms with Crippen molar-refractivity contribution in [3.63, 3.8) is 0 Å². The van der Waals surface area contributed by atoms with E-state index in [0.717, 1.165) is 64.2 Å². The van der Waals surface area contributed by atoms with Crippen LogP contribution in [0.3, 0.4) is 0 Å². The van der Waals surface area contributed by atoms with E-state index in [1.165, 1.54) is 244 Å². The van der Waals surface area contributed by atoms with E-state index in [-0.39, 0.29) is 18.5 Å². The van der Waals surface area contributed by atoms with Crippen molar-refractivity contribution in [1.29, 1.82) is 0 Å². The molecule has 0 aromatic heterocycles. The molecule has 0 rings (SSSR count). The highest BCUT2D eigenvalue weighted by molar-refractivity contribution is 5.76. The summed E-state index contributed by atoms with van der Waals surface area (Å²) in [6, 6.07) is -0.639. The minimum atomic E-state index is -0.854. The molecule has 0 aliphatic rings. The van der Waals surface area contributed by atoms with Crippen molar-refractivity contribution >= 4 is 11.9 Å². The number of hydrogen-bond donors (Lipinski definition) is 3. The van der Waals surface area contributed by atoms with E-state index in [0.29, 0.717) is 19.4 Å². The zero-order valence-corrected chi connectivity index (χ0v) is 47.0. The molecule has 0 aliphatic heterocycles. The Bertz CT molecular complexity index is 1130. The Balaban J connectivity index is 3.49. The molecule has 0 aromatic carbocycles. The van der Waals surface area contributed by atoms with Crippen molar-refractivity contribution < 1.29 is 24.5 Å². The fraction of sp³-hybridized carbons (Fsp3) is 0.875. The van der Waals surface area contributed by atoms with Crippen LogP contribution in [-0.2, 0) is 14.3 Å². The normalized spacial score (nSPS) is 12.8. The summed E-state index contributed by atoms with van der Waals surface area (Å²) in [5.74, 6) is -0.0863. The molecule has 0 aliphatic carbocycles. The van der Waals surface area contributed by atoms with Gasteiger partial charge in [0, 0.05) is 12.8 Å². The van der Waals surface area contributed by atoms with E-state index in [9.17, 15) is 19.8 Å². The molecular formula is C64H121NO5. The highest BCUT2D eigenvalue weighted by Gasteiger charge is 2.18. The van der Waals surface area contributed by atoms with Crippen molar-refractivity contribution in [2.45, 2.75) is 347 Å². The minimum Gasteiger partial charge on any atom is -0.466 e. The third-order valence-electron chi connectivity index (χ3n) is 14.4. The number of esters is 1. The number of unbranched alkanes of at least 4 members (excludes halogenated alkanes) is 43. The van der Waals surface area contributed by atoms with Crippen LogP contribution < -0.4 is 5.32 Å². The van der Waals surface area contributed by atoms with Gasteiger partial charge in [-0.2, -0.15) is 0 Å². The summed E-state index contributed by atoms with van der Waals surface area (Å²) in [7, 11) is 0. The minimum absolute atomic E-state index is 0.00622. The van der Waals surface area contributed by atoms with Gasteiger partial charge in [-0.25, -0.2) is 0 Å². The molecular weight excluding hydrogens is 863 g/mol. The summed E-state index contributed by atoms with van der Waals surface area (Å²) < 4.78 is 5.47. The number of aliphatic hydroxyl groups excluding tert-OH is 2. The van der Waals surface area contributed by atoms with Crippen LogP contribution in [0.1, 0.15) is 335 Å². The van der Waals surface area contributed by atoms with Crippen LogP contribution in [-0.4, -0.2) is 47.4 Å². The van der Waals surface area contributed by atoms with Crippen molar-refractivity contribution in [2.24, 2.45) is 0 Å². The Morgan fingerprint density at radius 1 is 0.386 bits per heavy atom. The maximum absolute atomic E-state index is 12.5. The van der Waals surface area contributed by atoms with Gasteiger partial charge < -0.3 is 20.3 Å². The van der Waals surface area contributed by atoms with Crippen LogP contribution in [0.5, 0.6) is 0 Å². The molecule has 0 bridgehead atoms. The average molecular weight is 985 g/mol. The largest absolute Gasteiger partial charge is 0.466 e. The Morgan fingerprint density at radius 3 is 1.01 bits per heavy atom. The van der Waals surface area contributed by atoms with Crippen molar-refractivity contribution in [1.82, 2.24) is 5.32 Å². The predicted molar refractivity (Wildman–Crippen MR) is 306 cm³/mol. The highest BCUT2D eigenvalue weighted by atomic mass is 16.5. The first-order valence-corrected chi connectivity index (χ1v) is 31.3. The monoisotopic (exact) mass is 984 g/mol. The fourth-order valence-corrected chi connectivity index (χ4v) is 9.57. The summed E-state index contributed by atoms with van der Waals surface area (Å²) >= 11 is 0. The molecule has 6 heteroatoms. The van der Waals surface area contributed by atoms with Crippen LogP contribution in [0.2, 0.25) is 0 Å². The zero-order valence-electron chi connectivity index (χ0n) is 47.0. The number of ether oxygens (including phenoxy) is 1. The molecule has 412 valence electrons. The number of aliphatic hydroxyl groups is 2. The van der Waals surface area contributed by atoms with Crippen LogP contribution in [0.25, 0.3) is 0 Å². The van der Waals surface area contributed by atoms with Gasteiger partial charge in [0.15, 0.2) is 0 Å². The standard InChI is InChI=1S/C64H121NO5/c1-3-5-7-9-11-13-15-17-19-20-21-22-23-26-29-32-36-40-44-48-52-56-62(67)61(60-66)65-63(68)57-53-49-45-41-37-33-30-27-24-25-28-31-35-39-43-47-51-55-59-70-64(69)58-54-50-46-42-38-34-18-16-14-12-10-8-6-4-2/h16,18,27,30,52,56,61-62,66-67H,3-15,17,19-26,28-29,31-51,53-55,57-60H2,1-2H3,(H,65,68)/b18-16-,30-27-,56-52+. The molecule has 0 saturated heterocycles. The smallest absolute Gasteiger partial charge is 0.305 e. The number of hydrogen-bond acceptors (Lipinski definition) is 5. The van der Waals surface area contributed by atoms with E-state index in [4.69, 9.17) is 4.74 Å². The first-order valence-electron chi connectivity index (χ1n) is 31.3. The van der Waals surface area contributed by atoms with Crippen LogP contribution >= 0.6 is 0 Å². The van der Waals surface area contributed by atoms with E-state index in [1.54, 1.807) is 6.08 Å². The van der Waals surface area contributed by atoms with Gasteiger partial charge in [0.25, 0.3) is 0 Å². The summed E-state index contributed by atoms with van der Waals surface area (Å²) in [6.07, 6.45) is 74.6. The lowest BCUT2D eigenvalue weighted by molar-refractivity contribution is -0.143. The average Bonchev–Trinajstić information content (AvgIpc) is 3.36. The van der Waals surface area contributed by atoms with Gasteiger partial charge in [-0.3, -0.25) is 9.59 Å². The van der Waals surface area contributed by atoms with Crippen molar-refractivity contribution in [3.05, 3.63) is 36.5 Å². The second-order valence-electron chi connectivity index (χ2n) is 21.4. The van der Waals surface area contributed by atoms with Gasteiger partial charge in [0.05, 0.1) is 25.4 Å². The fourth-order valence-electron chi connectivity index (χ4n) is 9.57. The topological polar surface area (TPSA) is 95.9 Å². The third kappa shape index (κ3) is 55.4. The second kappa shape index (κ2) is 59.6. The van der Waals surface area contributed by atoms with Crippen LogP contribution in [0.4, 0.5) is 0 Å². The SMILES string of the molecule is CCCCCCC/C=C\CCCCCCCC(=O)OCCCCCCCCCCC/C=C\CCCCCCCC(=O)NC(CO)C(O)/C=C/CCCCCCCCCCCCCCCCCCCCC. The Kier molecular flexibility index (Phi) is 58.0. The van der Waals surface area contributed by atoms with Crippen LogP contribution in [0, 0.1) is 0 Å². The molecule has 0 aromatic rings. The molecule has 70 heavy (non-hydrogen) atoms. The molecule has 2 atom stereocenters. The van der Waals surface area contributed by atoms with Gasteiger partial charge in [-0.1, -0.05) is 275 Å². The number of nitrogens with one attached hydrogen (secondary N) is 1. The van der Waals surface area contributed by atoms with E-state index < -0.39 is 12.1 Å². The molecule has 3 N–H and O–H groups in total. The van der Waals surface area contributed by atoms with Gasteiger partial charge >= 0.3 is 5.97 Å². The molecule has 0 heterocycles. The van der Waals surface area contributed by atoms with Gasteiger partial charge in [-0.05, 0) is 83.5 Å². The molecule has 0 radical (unpaired) electrons. The lowest BCUT2D eigenvalue weighted by atomic mass is 10.0. The third-order valence-corrected chi connectivity index (χ3v) is 14.4. The number of rotatable bonds is 58. The lowest BCUT2D eigenvalue weighted by Gasteiger charge is -2.20. The van der Waals surface area contributed by atoms with E-state index >= 15 is 0 Å². The Hall–Kier alpha value is -1.92. The zero-order chi connectivity index (χ0) is 50.7. The van der Waals surface area contributed by atoms with E-state index in [1.807, 2.05) is 6.08 Å². The Labute approximate surface area is 436 Å². The summed E-state index contributed by atoms with van der Waals surface area (Å²) in [6.45, 7) is 4.89. The molecule has 6 nitrogen and oxygen atoms in total. The highest BCUT2D eigenvalue weighted by Crippen LogP contribution is 2.17. The molecule has 0 fully saturated rings. The Morgan fingerprint density at radius 2 is 0.671 bits per heavy atom. The molecule has 0 saturated carbocycles. The number of carbonyl (C=O) groups excluding carboxylic acids is 2. The molecule has 2 unspecified atom stereocenters. The van der Waals surface area contributed by atoms with Crippen molar-refractivity contribution in [3.8, 4) is 0 Å². The summed E-state index contributed by atoms with van der Waals surface area (Å²) in [5.41, 5.74) is 0. The summed E-state index contributed by atoms with van der Waals surface area (Å²) in [4.78, 5) is 24.5. The molecule has 1 amide bonds. The van der Waals surface area contributed by atoms with Gasteiger partial charge in [0.1, 0.15) is 0 Å². The molecule has 0 spiro atoms. The maximum Gasteiger partial charge on any atom is 0.305 e.